The zero-order valence-corrected chi connectivity index (χ0v) is 11.6. The van der Waals surface area contributed by atoms with Gasteiger partial charge in [-0.1, -0.05) is 19.8 Å². The van der Waals surface area contributed by atoms with E-state index in [1.54, 1.807) is 0 Å². The van der Waals surface area contributed by atoms with Crippen molar-refractivity contribution >= 4 is 5.78 Å². The average Bonchev–Trinajstić information content (AvgIpc) is 2.46. The fourth-order valence-electron chi connectivity index (χ4n) is 2.31. The summed E-state index contributed by atoms with van der Waals surface area (Å²) in [7, 11) is 0. The number of rotatable bonds is 7. The normalized spacial score (nSPS) is 37.9. The predicted octanol–water partition coefficient (Wildman–Crippen LogP) is -1.84. The molecule has 20 heavy (non-hydrogen) atoms. The number of hydrogen-bond donors (Lipinski definition) is 5. The highest BCUT2D eigenvalue weighted by Crippen LogP contribution is 2.31. The third-order valence-electron chi connectivity index (χ3n) is 3.62. The molecule has 0 aromatic carbocycles. The van der Waals surface area contributed by atoms with Crippen LogP contribution < -0.4 is 11.6 Å². The second-order valence-corrected chi connectivity index (χ2v) is 5.01. The molecule has 1 unspecified atom stereocenters. The van der Waals surface area contributed by atoms with Gasteiger partial charge in [-0.3, -0.25) is 9.63 Å². The molecule has 0 aromatic heterocycles. The smallest absolute Gasteiger partial charge is 0.264 e. The summed E-state index contributed by atoms with van der Waals surface area (Å²) < 4.78 is 5.28. The highest BCUT2D eigenvalue weighted by atomic mass is 16.8. The van der Waals surface area contributed by atoms with E-state index < -0.39 is 42.5 Å². The first-order valence-corrected chi connectivity index (χ1v) is 6.76. The minimum Gasteiger partial charge on any atom is -0.394 e. The maximum Gasteiger partial charge on any atom is 0.264 e. The summed E-state index contributed by atoms with van der Waals surface area (Å²) in [6.07, 6.45) is -1.59. The molecule has 7 N–H and O–H groups in total. The topological polar surface area (TPSA) is 148 Å². The van der Waals surface area contributed by atoms with Crippen LogP contribution in [0.5, 0.6) is 0 Å². The predicted molar refractivity (Wildman–Crippen MR) is 69.1 cm³/mol. The molecule has 0 amide bonds. The molecule has 0 saturated carbocycles. The Morgan fingerprint density at radius 3 is 2.50 bits per heavy atom. The maximum absolute atomic E-state index is 12.3. The Bertz CT molecular complexity index is 327. The summed E-state index contributed by atoms with van der Waals surface area (Å²) in [4.78, 5) is 16.9. The number of Topliss-reactive ketones (excluding diaryl/α,β-unsaturated/α-hetero) is 1. The van der Waals surface area contributed by atoms with Crippen LogP contribution in [0, 0.1) is 0 Å². The van der Waals surface area contributed by atoms with Gasteiger partial charge in [-0.25, -0.2) is 5.90 Å². The van der Waals surface area contributed by atoms with E-state index in [1.165, 1.54) is 0 Å². The fraction of sp³-hybridized carbons (Fsp3) is 0.917. The first-order chi connectivity index (χ1) is 9.44. The summed E-state index contributed by atoms with van der Waals surface area (Å²) in [5, 5.41) is 28.7. The van der Waals surface area contributed by atoms with Gasteiger partial charge in [0.15, 0.2) is 5.78 Å². The number of ketones is 1. The van der Waals surface area contributed by atoms with Crippen molar-refractivity contribution in [3.63, 3.8) is 0 Å². The Labute approximate surface area is 117 Å². The van der Waals surface area contributed by atoms with Crippen molar-refractivity contribution in [3.05, 3.63) is 0 Å². The van der Waals surface area contributed by atoms with E-state index in [9.17, 15) is 15.0 Å². The maximum atomic E-state index is 12.3. The Morgan fingerprint density at radius 2 is 2.00 bits per heavy atom. The molecular weight excluding hydrogens is 268 g/mol. The molecule has 1 aliphatic rings. The van der Waals surface area contributed by atoms with E-state index in [4.69, 9.17) is 21.5 Å². The van der Waals surface area contributed by atoms with Crippen LogP contribution in [0.25, 0.3) is 0 Å². The van der Waals surface area contributed by atoms with Crippen LogP contribution in [0.4, 0.5) is 0 Å². The second kappa shape index (κ2) is 7.41. The highest BCUT2D eigenvalue weighted by molar-refractivity contribution is 5.87. The minimum absolute atomic E-state index is 0.125. The largest absolute Gasteiger partial charge is 0.394 e. The molecule has 1 heterocycles. The Balaban J connectivity index is 2.91. The SMILES string of the molecule is CCCCCC(=O)C1(ON)O[C@H](CO)[C@@H](O)[C@H](O)[C@H]1N. The van der Waals surface area contributed by atoms with E-state index in [1.807, 2.05) is 6.92 Å². The monoisotopic (exact) mass is 292 g/mol. The van der Waals surface area contributed by atoms with Gasteiger partial charge in [0.25, 0.3) is 5.79 Å². The van der Waals surface area contributed by atoms with Gasteiger partial charge in [-0.2, -0.15) is 0 Å². The third-order valence-corrected chi connectivity index (χ3v) is 3.62. The lowest BCUT2D eigenvalue weighted by atomic mass is 9.87. The van der Waals surface area contributed by atoms with Crippen LogP contribution in [0.3, 0.4) is 0 Å². The summed E-state index contributed by atoms with van der Waals surface area (Å²) >= 11 is 0. The summed E-state index contributed by atoms with van der Waals surface area (Å²) in [6.45, 7) is 1.39. The first kappa shape index (κ1) is 17.4. The molecule has 1 saturated heterocycles. The number of nitrogens with two attached hydrogens (primary N) is 2. The number of aliphatic hydroxyl groups is 3. The molecule has 0 aliphatic carbocycles. The van der Waals surface area contributed by atoms with Crippen molar-refractivity contribution in [3.8, 4) is 0 Å². The molecule has 5 atom stereocenters. The van der Waals surface area contributed by atoms with Crippen molar-refractivity contribution in [2.75, 3.05) is 6.61 Å². The van der Waals surface area contributed by atoms with Crippen molar-refractivity contribution in [1.82, 2.24) is 0 Å². The van der Waals surface area contributed by atoms with Crippen LogP contribution in [-0.4, -0.2) is 57.9 Å². The average molecular weight is 292 g/mol. The van der Waals surface area contributed by atoms with Gasteiger partial charge in [0.1, 0.15) is 18.3 Å². The molecule has 0 spiro atoms. The number of ether oxygens (including phenoxy) is 1. The third kappa shape index (κ3) is 3.17. The Kier molecular flexibility index (Phi) is 6.46. The number of unbranched alkanes of at least 4 members (excludes halogenated alkanes) is 2. The summed E-state index contributed by atoms with van der Waals surface area (Å²) in [5.41, 5.74) is 5.74. The van der Waals surface area contributed by atoms with Gasteiger partial charge in [0, 0.05) is 6.42 Å². The Hall–Kier alpha value is -0.610. The first-order valence-electron chi connectivity index (χ1n) is 6.76. The van der Waals surface area contributed by atoms with Crippen molar-refractivity contribution in [1.29, 1.82) is 0 Å². The molecule has 1 aliphatic heterocycles. The lowest BCUT2D eigenvalue weighted by Gasteiger charge is -2.46. The van der Waals surface area contributed by atoms with Gasteiger partial charge in [0.05, 0.1) is 12.6 Å². The summed E-state index contributed by atoms with van der Waals surface area (Å²) in [6, 6.07) is -1.33. The van der Waals surface area contributed by atoms with Crippen molar-refractivity contribution < 1.29 is 29.7 Å². The van der Waals surface area contributed by atoms with Crippen LogP contribution >= 0.6 is 0 Å². The zero-order chi connectivity index (χ0) is 15.3. The van der Waals surface area contributed by atoms with Gasteiger partial charge in [-0.05, 0) is 6.42 Å². The van der Waals surface area contributed by atoms with Gasteiger partial charge in [-0.15, -0.1) is 0 Å². The van der Waals surface area contributed by atoms with Gasteiger partial charge in [0.2, 0.25) is 0 Å². The molecule has 0 aromatic rings. The van der Waals surface area contributed by atoms with Crippen LogP contribution in [0.1, 0.15) is 32.6 Å². The minimum atomic E-state index is -2.04. The molecule has 1 fully saturated rings. The molecule has 0 radical (unpaired) electrons. The van der Waals surface area contributed by atoms with E-state index >= 15 is 0 Å². The number of carbonyl (C=O) groups is 1. The van der Waals surface area contributed by atoms with Crippen LogP contribution in [0.15, 0.2) is 0 Å². The molecule has 8 nitrogen and oxygen atoms in total. The molecule has 0 bridgehead atoms. The van der Waals surface area contributed by atoms with E-state index in [2.05, 4.69) is 4.84 Å². The van der Waals surface area contributed by atoms with Crippen LogP contribution in [0.2, 0.25) is 0 Å². The standard InChI is InChI=1S/C12H24N2O6/c1-2-3-4-5-8(16)12(20-14)11(13)10(18)9(17)7(6-15)19-12/h7,9-11,15,17-18H,2-6,13-14H2,1H3/t7-,9-,10+,11-,12?/m1/s1. The van der Waals surface area contributed by atoms with E-state index in [0.29, 0.717) is 6.42 Å². The molecule has 118 valence electrons. The summed E-state index contributed by atoms with van der Waals surface area (Å²) in [5.74, 6) is 2.61. The van der Waals surface area contributed by atoms with Crippen molar-refractivity contribution in [2.24, 2.45) is 11.6 Å². The van der Waals surface area contributed by atoms with Crippen LogP contribution in [-0.2, 0) is 14.4 Å². The molecule has 1 rings (SSSR count). The zero-order valence-electron chi connectivity index (χ0n) is 11.6. The fourth-order valence-corrected chi connectivity index (χ4v) is 2.31. The highest BCUT2D eigenvalue weighted by Gasteiger charge is 2.57. The Morgan fingerprint density at radius 1 is 1.35 bits per heavy atom. The van der Waals surface area contributed by atoms with Crippen molar-refractivity contribution in [2.45, 2.75) is 62.7 Å². The number of hydrogen-bond acceptors (Lipinski definition) is 8. The van der Waals surface area contributed by atoms with E-state index in [0.717, 1.165) is 12.8 Å². The van der Waals surface area contributed by atoms with Gasteiger partial charge >= 0.3 is 0 Å². The second-order valence-electron chi connectivity index (χ2n) is 5.01. The lowest BCUT2D eigenvalue weighted by Crippen LogP contribution is -2.72. The van der Waals surface area contributed by atoms with Gasteiger partial charge < -0.3 is 25.8 Å². The lowest BCUT2D eigenvalue weighted by molar-refractivity contribution is -0.315. The number of carbonyl (C=O) groups excluding carboxylic acids is 1. The molecular formula is C12H24N2O6. The van der Waals surface area contributed by atoms with E-state index in [-0.39, 0.29) is 6.42 Å². The number of aliphatic hydroxyl groups excluding tert-OH is 3. The molecule has 8 heteroatoms. The quantitative estimate of drug-likeness (QED) is 0.271.